The molecule has 0 aliphatic heterocycles. The van der Waals surface area contributed by atoms with E-state index in [1.165, 1.54) is 0 Å². The van der Waals surface area contributed by atoms with Gasteiger partial charge in [0.1, 0.15) is 6.07 Å². The molecule has 1 amide bonds. The van der Waals surface area contributed by atoms with E-state index in [1.54, 1.807) is 6.07 Å². The largest absolute Gasteiger partial charge is 0.434 e. The summed E-state index contributed by atoms with van der Waals surface area (Å²) in [7, 11) is 0. The highest BCUT2D eigenvalue weighted by molar-refractivity contribution is 5.67. The molecule has 0 radical (unpaired) electrons. The molecule has 0 aliphatic carbocycles. The summed E-state index contributed by atoms with van der Waals surface area (Å²) in [5, 5.41) is 10.7. The Labute approximate surface area is 82.1 Å². The topological polar surface area (TPSA) is 62.1 Å². The highest BCUT2D eigenvalue weighted by Crippen LogP contribution is 1.97. The van der Waals surface area contributed by atoms with Gasteiger partial charge in [0.05, 0.1) is 0 Å². The van der Waals surface area contributed by atoms with Gasteiger partial charge in [-0.2, -0.15) is 5.26 Å². The second kappa shape index (κ2) is 5.60. The monoisotopic (exact) mass is 190 g/mol. The van der Waals surface area contributed by atoms with Crippen LogP contribution < -0.4 is 5.32 Å². The summed E-state index contributed by atoms with van der Waals surface area (Å²) in [4.78, 5) is 10.9. The molecule has 0 spiro atoms. The molecule has 0 saturated heterocycles. The minimum Gasteiger partial charge on any atom is -0.434 e. The van der Waals surface area contributed by atoms with Crippen LogP contribution in [0.2, 0.25) is 0 Å². The van der Waals surface area contributed by atoms with Crippen LogP contribution in [-0.2, 0) is 11.3 Å². The fourth-order valence-electron chi connectivity index (χ4n) is 0.919. The van der Waals surface area contributed by atoms with Crippen molar-refractivity contribution in [3.63, 3.8) is 0 Å². The van der Waals surface area contributed by atoms with Crippen LogP contribution in [0.3, 0.4) is 0 Å². The van der Waals surface area contributed by atoms with E-state index in [9.17, 15) is 4.79 Å². The van der Waals surface area contributed by atoms with Crippen LogP contribution in [-0.4, -0.2) is 12.7 Å². The summed E-state index contributed by atoms with van der Waals surface area (Å²) in [5.74, 6) is 0. The van der Waals surface area contributed by atoms with Crippen LogP contribution in [0.4, 0.5) is 4.79 Å². The second-order valence-electron chi connectivity index (χ2n) is 2.57. The summed E-state index contributed by atoms with van der Waals surface area (Å²) in [6.07, 6.45) is -0.574. The molecule has 4 heteroatoms. The highest BCUT2D eigenvalue weighted by Gasteiger charge is 1.99. The van der Waals surface area contributed by atoms with Crippen LogP contribution in [0.25, 0.3) is 0 Å². The first kappa shape index (κ1) is 10.1. The van der Waals surface area contributed by atoms with Crippen molar-refractivity contribution in [3.8, 4) is 6.07 Å². The number of alkyl carbamates (subject to hydrolysis) is 1. The Hall–Kier alpha value is -2.02. The lowest BCUT2D eigenvalue weighted by Gasteiger charge is -2.03. The van der Waals surface area contributed by atoms with Crippen LogP contribution in [0.5, 0.6) is 0 Å². The van der Waals surface area contributed by atoms with Gasteiger partial charge in [-0.05, 0) is 5.56 Å². The van der Waals surface area contributed by atoms with E-state index in [0.29, 0.717) is 6.54 Å². The van der Waals surface area contributed by atoms with Crippen LogP contribution >= 0.6 is 0 Å². The molecule has 14 heavy (non-hydrogen) atoms. The molecule has 0 heterocycles. The Morgan fingerprint density at radius 2 is 2.14 bits per heavy atom. The maximum atomic E-state index is 10.9. The van der Waals surface area contributed by atoms with Crippen molar-refractivity contribution in [2.75, 3.05) is 6.61 Å². The van der Waals surface area contributed by atoms with Gasteiger partial charge in [-0.25, -0.2) is 4.79 Å². The number of carbonyl (C=O) groups is 1. The molecule has 0 aliphatic rings. The predicted octanol–water partition coefficient (Wildman–Crippen LogP) is 1.44. The molecule has 0 fully saturated rings. The van der Waals surface area contributed by atoms with Gasteiger partial charge in [-0.3, -0.25) is 0 Å². The Bertz CT molecular complexity index is 330. The lowest BCUT2D eigenvalue weighted by molar-refractivity contribution is 0.159. The van der Waals surface area contributed by atoms with Crippen LogP contribution in [0.1, 0.15) is 5.56 Å². The number of nitrogens with zero attached hydrogens (tertiary/aromatic N) is 1. The van der Waals surface area contributed by atoms with Crippen LogP contribution in [0, 0.1) is 11.3 Å². The Kier molecular flexibility index (Phi) is 4.02. The molecular weight excluding hydrogens is 180 g/mol. The minimum atomic E-state index is -0.574. The van der Waals surface area contributed by atoms with Crippen LogP contribution in [0.15, 0.2) is 30.3 Å². The zero-order valence-electron chi connectivity index (χ0n) is 7.56. The van der Waals surface area contributed by atoms with Crippen molar-refractivity contribution >= 4 is 6.09 Å². The number of amides is 1. The van der Waals surface area contributed by atoms with Gasteiger partial charge in [0.2, 0.25) is 0 Å². The van der Waals surface area contributed by atoms with E-state index < -0.39 is 6.09 Å². The van der Waals surface area contributed by atoms with Gasteiger partial charge in [0, 0.05) is 6.54 Å². The molecule has 0 saturated carbocycles. The fraction of sp³-hybridized carbons (Fsp3) is 0.200. The maximum absolute atomic E-state index is 10.9. The van der Waals surface area contributed by atoms with E-state index in [4.69, 9.17) is 5.26 Å². The molecule has 1 rings (SSSR count). The number of hydrogen-bond acceptors (Lipinski definition) is 3. The van der Waals surface area contributed by atoms with Crippen molar-refractivity contribution in [2.45, 2.75) is 6.54 Å². The second-order valence-corrected chi connectivity index (χ2v) is 2.57. The Morgan fingerprint density at radius 3 is 2.79 bits per heavy atom. The molecule has 72 valence electrons. The van der Waals surface area contributed by atoms with Gasteiger partial charge in [0.25, 0.3) is 0 Å². The SMILES string of the molecule is N#CCOC(=O)NCc1ccccc1. The average molecular weight is 190 g/mol. The van der Waals surface area contributed by atoms with Gasteiger partial charge < -0.3 is 10.1 Å². The Morgan fingerprint density at radius 1 is 1.43 bits per heavy atom. The normalized spacial score (nSPS) is 8.79. The fourth-order valence-corrected chi connectivity index (χ4v) is 0.919. The average Bonchev–Trinajstić information content (AvgIpc) is 2.25. The first-order valence-electron chi connectivity index (χ1n) is 4.14. The quantitative estimate of drug-likeness (QED) is 0.784. The molecular formula is C10H10N2O2. The molecule has 0 bridgehead atoms. The predicted molar refractivity (Wildman–Crippen MR) is 50.2 cm³/mol. The van der Waals surface area contributed by atoms with E-state index in [0.717, 1.165) is 5.56 Å². The lowest BCUT2D eigenvalue weighted by Crippen LogP contribution is -2.23. The number of hydrogen-bond donors (Lipinski definition) is 1. The molecule has 1 N–H and O–H groups in total. The van der Waals surface area contributed by atoms with E-state index in [-0.39, 0.29) is 6.61 Å². The summed E-state index contributed by atoms with van der Waals surface area (Å²) >= 11 is 0. The summed E-state index contributed by atoms with van der Waals surface area (Å²) in [5.41, 5.74) is 0.987. The standard InChI is InChI=1S/C10H10N2O2/c11-6-7-14-10(13)12-8-9-4-2-1-3-5-9/h1-5H,7-8H2,(H,12,13). The number of carbonyl (C=O) groups excluding carboxylic acids is 1. The van der Waals surface area contributed by atoms with E-state index in [1.807, 2.05) is 30.3 Å². The zero-order valence-corrected chi connectivity index (χ0v) is 7.56. The van der Waals surface area contributed by atoms with Gasteiger partial charge in [-0.1, -0.05) is 30.3 Å². The van der Waals surface area contributed by atoms with Crippen molar-refractivity contribution in [1.82, 2.24) is 5.32 Å². The molecule has 1 aromatic carbocycles. The van der Waals surface area contributed by atoms with Crippen molar-refractivity contribution in [3.05, 3.63) is 35.9 Å². The summed E-state index contributed by atoms with van der Waals surface area (Å²) in [6.45, 7) is 0.186. The van der Waals surface area contributed by atoms with E-state index in [2.05, 4.69) is 10.1 Å². The number of nitrogens with one attached hydrogen (secondary N) is 1. The lowest BCUT2D eigenvalue weighted by atomic mass is 10.2. The van der Waals surface area contributed by atoms with Crippen molar-refractivity contribution in [2.24, 2.45) is 0 Å². The molecule has 0 unspecified atom stereocenters. The molecule has 0 aromatic heterocycles. The molecule has 0 atom stereocenters. The highest BCUT2D eigenvalue weighted by atomic mass is 16.5. The number of ether oxygens (including phenoxy) is 1. The Balaban J connectivity index is 2.28. The third-order valence-corrected chi connectivity index (χ3v) is 1.55. The first-order valence-corrected chi connectivity index (χ1v) is 4.14. The molecule has 4 nitrogen and oxygen atoms in total. The van der Waals surface area contributed by atoms with Gasteiger partial charge in [0.15, 0.2) is 6.61 Å². The minimum absolute atomic E-state index is 0.222. The number of nitriles is 1. The third kappa shape index (κ3) is 3.59. The van der Waals surface area contributed by atoms with Crippen molar-refractivity contribution in [1.29, 1.82) is 5.26 Å². The maximum Gasteiger partial charge on any atom is 0.408 e. The summed E-state index contributed by atoms with van der Waals surface area (Å²) < 4.78 is 4.50. The number of benzene rings is 1. The third-order valence-electron chi connectivity index (χ3n) is 1.55. The zero-order chi connectivity index (χ0) is 10.2. The smallest absolute Gasteiger partial charge is 0.408 e. The summed E-state index contributed by atoms with van der Waals surface area (Å²) in [6, 6.07) is 11.2. The number of rotatable bonds is 3. The van der Waals surface area contributed by atoms with Gasteiger partial charge >= 0.3 is 6.09 Å². The van der Waals surface area contributed by atoms with E-state index >= 15 is 0 Å². The van der Waals surface area contributed by atoms with Crippen molar-refractivity contribution < 1.29 is 9.53 Å². The molecule has 1 aromatic rings. The van der Waals surface area contributed by atoms with Gasteiger partial charge in [-0.15, -0.1) is 0 Å². The first-order chi connectivity index (χ1) is 6.83.